The molecule has 1 amide bonds. The number of nitrogens with zero attached hydrogens (tertiary/aromatic N) is 2. The molecule has 2 unspecified atom stereocenters. The first-order valence-electron chi connectivity index (χ1n) is 8.90. The SMILES string of the molecule is CC(C)(NC(=O)c1cccc(Cl)c1)c1noc(C2CCCCC2(C)N)n1.Cl. The lowest BCUT2D eigenvalue weighted by molar-refractivity contribution is 0.0907. The molecule has 1 aromatic heterocycles. The first kappa shape index (κ1) is 21.7. The molecule has 8 heteroatoms. The van der Waals surface area contributed by atoms with Crippen LogP contribution in [0.1, 0.15) is 74.4 Å². The Hall–Kier alpha value is -1.63. The summed E-state index contributed by atoms with van der Waals surface area (Å²) in [6.45, 7) is 5.71. The zero-order valence-corrected chi connectivity index (χ0v) is 17.4. The van der Waals surface area contributed by atoms with E-state index < -0.39 is 5.54 Å². The molecule has 2 aromatic rings. The van der Waals surface area contributed by atoms with Gasteiger partial charge in [0.15, 0.2) is 5.82 Å². The van der Waals surface area contributed by atoms with E-state index in [0.29, 0.717) is 22.3 Å². The predicted molar refractivity (Wildman–Crippen MR) is 107 cm³/mol. The van der Waals surface area contributed by atoms with E-state index in [1.165, 1.54) is 0 Å². The van der Waals surface area contributed by atoms with Crippen LogP contribution in [0, 0.1) is 0 Å². The Labute approximate surface area is 170 Å². The van der Waals surface area contributed by atoms with Gasteiger partial charge in [-0.15, -0.1) is 12.4 Å². The van der Waals surface area contributed by atoms with Crippen LogP contribution in [0.25, 0.3) is 0 Å². The van der Waals surface area contributed by atoms with Gasteiger partial charge >= 0.3 is 0 Å². The van der Waals surface area contributed by atoms with Crippen molar-refractivity contribution in [1.29, 1.82) is 0 Å². The van der Waals surface area contributed by atoms with Crippen LogP contribution in [0.4, 0.5) is 0 Å². The Bertz CT molecular complexity index is 805. The molecule has 3 rings (SSSR count). The monoisotopic (exact) mass is 412 g/mol. The summed E-state index contributed by atoms with van der Waals surface area (Å²) in [5.41, 5.74) is 5.77. The lowest BCUT2D eigenvalue weighted by Crippen LogP contribution is -2.45. The van der Waals surface area contributed by atoms with Crippen molar-refractivity contribution in [3.05, 3.63) is 46.6 Å². The molecule has 0 bridgehead atoms. The third-order valence-electron chi connectivity index (χ3n) is 5.07. The van der Waals surface area contributed by atoms with E-state index in [0.717, 1.165) is 25.7 Å². The quantitative estimate of drug-likeness (QED) is 0.784. The summed E-state index contributed by atoms with van der Waals surface area (Å²) in [6.07, 6.45) is 4.09. The van der Waals surface area contributed by atoms with Gasteiger partial charge in [0.05, 0.1) is 11.5 Å². The highest BCUT2D eigenvalue weighted by atomic mass is 35.5. The number of benzene rings is 1. The molecule has 27 heavy (non-hydrogen) atoms. The number of rotatable bonds is 4. The number of halogens is 2. The second-order valence-corrected chi connectivity index (χ2v) is 8.29. The highest BCUT2D eigenvalue weighted by Crippen LogP contribution is 2.38. The van der Waals surface area contributed by atoms with Crippen LogP contribution in [-0.2, 0) is 5.54 Å². The number of hydrogen-bond acceptors (Lipinski definition) is 5. The summed E-state index contributed by atoms with van der Waals surface area (Å²) in [6, 6.07) is 6.79. The lowest BCUT2D eigenvalue weighted by atomic mass is 9.74. The zero-order valence-electron chi connectivity index (χ0n) is 15.8. The van der Waals surface area contributed by atoms with Crippen LogP contribution in [-0.4, -0.2) is 21.6 Å². The number of carbonyl (C=O) groups excluding carboxylic acids is 1. The van der Waals surface area contributed by atoms with Crippen molar-refractivity contribution in [2.24, 2.45) is 5.73 Å². The third-order valence-corrected chi connectivity index (χ3v) is 5.30. The van der Waals surface area contributed by atoms with Crippen molar-refractivity contribution >= 4 is 29.9 Å². The summed E-state index contributed by atoms with van der Waals surface area (Å²) in [5, 5.41) is 7.56. The molecule has 1 fully saturated rings. The van der Waals surface area contributed by atoms with Gasteiger partial charge in [-0.1, -0.05) is 35.7 Å². The number of nitrogens with one attached hydrogen (secondary N) is 1. The summed E-state index contributed by atoms with van der Waals surface area (Å²) in [5.74, 6) is 0.779. The minimum absolute atomic E-state index is 0. The number of aromatic nitrogens is 2. The van der Waals surface area contributed by atoms with Gasteiger partial charge in [-0.3, -0.25) is 4.79 Å². The summed E-state index contributed by atoms with van der Waals surface area (Å²) in [7, 11) is 0. The van der Waals surface area contributed by atoms with Crippen LogP contribution in [0.15, 0.2) is 28.8 Å². The Kier molecular flexibility index (Phi) is 6.55. The molecule has 0 spiro atoms. The Balaban J connectivity index is 0.00000261. The summed E-state index contributed by atoms with van der Waals surface area (Å²) in [4.78, 5) is 17.1. The van der Waals surface area contributed by atoms with Gasteiger partial charge in [0.2, 0.25) is 5.89 Å². The van der Waals surface area contributed by atoms with Crippen molar-refractivity contribution in [3.8, 4) is 0 Å². The van der Waals surface area contributed by atoms with E-state index in [2.05, 4.69) is 15.5 Å². The first-order chi connectivity index (χ1) is 12.2. The first-order valence-corrected chi connectivity index (χ1v) is 9.28. The van der Waals surface area contributed by atoms with Crippen LogP contribution in [0.3, 0.4) is 0 Å². The van der Waals surface area contributed by atoms with Crippen LogP contribution in [0.2, 0.25) is 5.02 Å². The van der Waals surface area contributed by atoms with Gasteiger partial charge in [0.25, 0.3) is 5.91 Å². The summed E-state index contributed by atoms with van der Waals surface area (Å²) < 4.78 is 5.52. The lowest BCUT2D eigenvalue weighted by Gasteiger charge is -2.35. The van der Waals surface area contributed by atoms with Gasteiger partial charge in [-0.05, 0) is 51.8 Å². The Morgan fingerprint density at radius 2 is 2.15 bits per heavy atom. The molecule has 0 radical (unpaired) electrons. The van der Waals surface area contributed by atoms with Crippen LogP contribution in [0.5, 0.6) is 0 Å². The van der Waals surface area contributed by atoms with Crippen molar-refractivity contribution < 1.29 is 9.32 Å². The average Bonchev–Trinajstić information content (AvgIpc) is 3.04. The zero-order chi connectivity index (χ0) is 18.9. The fraction of sp³-hybridized carbons (Fsp3) is 0.526. The minimum Gasteiger partial charge on any atom is -0.340 e. The molecule has 1 saturated carbocycles. The van der Waals surface area contributed by atoms with E-state index in [4.69, 9.17) is 21.9 Å². The highest BCUT2D eigenvalue weighted by molar-refractivity contribution is 6.30. The van der Waals surface area contributed by atoms with Crippen LogP contribution < -0.4 is 11.1 Å². The van der Waals surface area contributed by atoms with Crippen molar-refractivity contribution in [3.63, 3.8) is 0 Å². The second-order valence-electron chi connectivity index (χ2n) is 7.85. The molecule has 0 saturated heterocycles. The highest BCUT2D eigenvalue weighted by Gasteiger charge is 2.39. The van der Waals surface area contributed by atoms with Gasteiger partial charge in [0, 0.05) is 16.1 Å². The van der Waals surface area contributed by atoms with Gasteiger partial charge in [-0.2, -0.15) is 4.98 Å². The third kappa shape index (κ3) is 4.81. The number of amides is 1. The van der Waals surface area contributed by atoms with E-state index in [1.807, 2.05) is 20.8 Å². The minimum atomic E-state index is -0.791. The van der Waals surface area contributed by atoms with Crippen molar-refractivity contribution in [1.82, 2.24) is 15.5 Å². The molecule has 2 atom stereocenters. The average molecular weight is 413 g/mol. The van der Waals surface area contributed by atoms with Crippen LogP contribution >= 0.6 is 24.0 Å². The van der Waals surface area contributed by atoms with E-state index in [1.54, 1.807) is 24.3 Å². The largest absolute Gasteiger partial charge is 0.340 e. The van der Waals surface area contributed by atoms with Crippen molar-refractivity contribution in [2.75, 3.05) is 0 Å². The molecule has 1 heterocycles. The number of nitrogens with two attached hydrogens (primary N) is 1. The predicted octanol–water partition coefficient (Wildman–Crippen LogP) is 4.18. The molecule has 1 aliphatic rings. The number of hydrogen-bond donors (Lipinski definition) is 2. The Morgan fingerprint density at radius 3 is 2.81 bits per heavy atom. The molecule has 148 valence electrons. The maximum atomic E-state index is 12.5. The molecular formula is C19H26Cl2N4O2. The van der Waals surface area contributed by atoms with E-state index >= 15 is 0 Å². The van der Waals surface area contributed by atoms with E-state index in [9.17, 15) is 4.79 Å². The second kappa shape index (κ2) is 8.17. The molecule has 1 aliphatic carbocycles. The smallest absolute Gasteiger partial charge is 0.252 e. The topological polar surface area (TPSA) is 94.0 Å². The standard InChI is InChI=1S/C19H25ClN4O2.ClH/c1-18(2,23-15(25)12-7-6-8-13(20)11-12)17-22-16(26-24-17)14-9-4-5-10-19(14,3)21;/h6-8,11,14H,4-5,9-10,21H2,1-3H3,(H,23,25);1H. The molecule has 0 aliphatic heterocycles. The summed E-state index contributed by atoms with van der Waals surface area (Å²) >= 11 is 5.96. The van der Waals surface area contributed by atoms with E-state index in [-0.39, 0.29) is 29.8 Å². The fourth-order valence-electron chi connectivity index (χ4n) is 3.44. The van der Waals surface area contributed by atoms with Gasteiger partial charge < -0.3 is 15.6 Å². The molecule has 1 aromatic carbocycles. The maximum Gasteiger partial charge on any atom is 0.252 e. The normalized spacial score (nSPS) is 22.8. The fourth-order valence-corrected chi connectivity index (χ4v) is 3.63. The Morgan fingerprint density at radius 1 is 1.41 bits per heavy atom. The van der Waals surface area contributed by atoms with Crippen molar-refractivity contribution in [2.45, 2.75) is 63.5 Å². The number of carbonyl (C=O) groups is 1. The van der Waals surface area contributed by atoms with Gasteiger partial charge in [0.1, 0.15) is 0 Å². The van der Waals surface area contributed by atoms with Gasteiger partial charge in [-0.25, -0.2) is 0 Å². The molecule has 3 N–H and O–H groups in total. The molecular weight excluding hydrogens is 387 g/mol. The maximum absolute atomic E-state index is 12.5. The molecule has 6 nitrogen and oxygen atoms in total.